The Kier molecular flexibility index (Phi) is 6.42. The number of hydroxylamine groups is 2. The lowest BCUT2D eigenvalue weighted by Gasteiger charge is -2.15. The lowest BCUT2D eigenvalue weighted by Crippen LogP contribution is -2.35. The van der Waals surface area contributed by atoms with E-state index in [0.717, 1.165) is 0 Å². The summed E-state index contributed by atoms with van der Waals surface area (Å²) in [6.07, 6.45) is 0.206. The van der Waals surface area contributed by atoms with Gasteiger partial charge >= 0.3 is 5.97 Å². The number of carbonyl (C=O) groups excluding carboxylic acids is 3. The van der Waals surface area contributed by atoms with Crippen LogP contribution >= 0.6 is 0 Å². The maximum absolute atomic E-state index is 11.4. The van der Waals surface area contributed by atoms with Crippen molar-refractivity contribution in [2.75, 3.05) is 13.2 Å². The first kappa shape index (κ1) is 15.6. The molecule has 17 heavy (non-hydrogen) atoms. The molecular weight excluding hydrogens is 226 g/mol. The molecule has 1 aliphatic heterocycles. The summed E-state index contributed by atoms with van der Waals surface area (Å²) in [5, 5.41) is 0.546. The zero-order valence-corrected chi connectivity index (χ0v) is 9.39. The molecule has 0 radical (unpaired) electrons. The highest BCUT2D eigenvalue weighted by molar-refractivity contribution is 6.01. The molecule has 98 valence electrons. The van der Waals surface area contributed by atoms with Crippen molar-refractivity contribution in [2.45, 2.75) is 34.1 Å². The van der Waals surface area contributed by atoms with E-state index in [1.54, 1.807) is 6.92 Å². The number of carbonyl (C=O) groups is 3. The van der Waals surface area contributed by atoms with E-state index in [4.69, 9.17) is 9.57 Å². The monoisotopic (exact) mass is 245 g/mol. The van der Waals surface area contributed by atoms with Crippen LogP contribution in [-0.2, 0) is 24.0 Å². The Morgan fingerprint density at radius 1 is 1.35 bits per heavy atom. The van der Waals surface area contributed by atoms with Crippen LogP contribution in [0.2, 0.25) is 0 Å². The van der Waals surface area contributed by atoms with Crippen LogP contribution in [0, 0.1) is 5.92 Å². The van der Waals surface area contributed by atoms with Gasteiger partial charge in [0.05, 0.1) is 12.5 Å². The van der Waals surface area contributed by atoms with E-state index < -0.39 is 23.7 Å². The van der Waals surface area contributed by atoms with Gasteiger partial charge in [-0.1, -0.05) is 7.43 Å². The van der Waals surface area contributed by atoms with Gasteiger partial charge in [0.15, 0.2) is 0 Å². The Morgan fingerprint density at radius 2 is 1.88 bits per heavy atom. The molecule has 1 saturated heterocycles. The van der Waals surface area contributed by atoms with Gasteiger partial charge in [-0.25, -0.2) is 4.79 Å². The molecule has 0 spiro atoms. The Bertz CT molecular complexity index is 286. The van der Waals surface area contributed by atoms with Gasteiger partial charge in [0, 0.05) is 19.4 Å². The minimum absolute atomic E-state index is 0. The van der Waals surface area contributed by atoms with E-state index in [1.807, 2.05) is 6.92 Å². The van der Waals surface area contributed by atoms with Crippen LogP contribution < -0.4 is 0 Å². The van der Waals surface area contributed by atoms with Gasteiger partial charge in [0.1, 0.15) is 0 Å². The molecular formula is C11H19NO5. The van der Waals surface area contributed by atoms with Gasteiger partial charge in [0.2, 0.25) is 0 Å². The van der Waals surface area contributed by atoms with Crippen molar-refractivity contribution in [3.63, 3.8) is 0 Å². The summed E-state index contributed by atoms with van der Waals surface area (Å²) in [5.41, 5.74) is 0. The van der Waals surface area contributed by atoms with E-state index in [-0.39, 0.29) is 26.9 Å². The Balaban J connectivity index is 0.00000256. The summed E-state index contributed by atoms with van der Waals surface area (Å²) in [5.74, 6) is -2.07. The Morgan fingerprint density at radius 3 is 2.35 bits per heavy atom. The first-order valence-corrected chi connectivity index (χ1v) is 5.21. The third kappa shape index (κ3) is 4.14. The number of hydrogen-bond donors (Lipinski definition) is 0. The van der Waals surface area contributed by atoms with Crippen molar-refractivity contribution in [1.29, 1.82) is 0 Å². The van der Waals surface area contributed by atoms with Gasteiger partial charge < -0.3 is 9.57 Å². The van der Waals surface area contributed by atoms with Crippen molar-refractivity contribution in [2.24, 2.45) is 5.92 Å². The van der Waals surface area contributed by atoms with Crippen molar-refractivity contribution in [1.82, 2.24) is 5.06 Å². The molecule has 6 heteroatoms. The number of rotatable bonds is 5. The average Bonchev–Trinajstić information content (AvgIpc) is 2.57. The van der Waals surface area contributed by atoms with Crippen LogP contribution in [0.4, 0.5) is 0 Å². The molecule has 1 rings (SSSR count). The zero-order chi connectivity index (χ0) is 12.1. The minimum Gasteiger partial charge on any atom is -0.381 e. The summed E-state index contributed by atoms with van der Waals surface area (Å²) in [6.45, 7) is 4.14. The lowest BCUT2D eigenvalue weighted by molar-refractivity contribution is -0.201. The molecule has 1 fully saturated rings. The first-order valence-electron chi connectivity index (χ1n) is 5.21. The fourth-order valence-corrected chi connectivity index (χ4v) is 1.20. The normalized spacial score (nSPS) is 16.7. The van der Waals surface area contributed by atoms with Gasteiger partial charge in [-0.2, -0.15) is 0 Å². The first-order chi connectivity index (χ1) is 7.56. The second kappa shape index (κ2) is 7.01. The molecule has 6 nitrogen and oxygen atoms in total. The summed E-state index contributed by atoms with van der Waals surface area (Å²) >= 11 is 0. The molecule has 0 saturated carbocycles. The average molecular weight is 245 g/mol. The third-order valence-corrected chi connectivity index (χ3v) is 2.16. The maximum atomic E-state index is 11.4. The molecule has 0 N–H and O–H groups in total. The van der Waals surface area contributed by atoms with E-state index in [2.05, 4.69) is 0 Å². The van der Waals surface area contributed by atoms with Gasteiger partial charge in [-0.15, -0.1) is 5.06 Å². The van der Waals surface area contributed by atoms with Crippen LogP contribution in [0.25, 0.3) is 0 Å². The molecule has 0 aliphatic carbocycles. The Labute approximate surface area is 101 Å². The predicted octanol–water partition coefficient (Wildman–Crippen LogP) is 0.902. The number of ether oxygens (including phenoxy) is 1. The van der Waals surface area contributed by atoms with Crippen molar-refractivity contribution in [3.05, 3.63) is 0 Å². The topological polar surface area (TPSA) is 72.9 Å². The summed E-state index contributed by atoms with van der Waals surface area (Å²) in [7, 11) is 0. The largest absolute Gasteiger partial charge is 0.381 e. The highest BCUT2D eigenvalue weighted by Crippen LogP contribution is 2.13. The van der Waals surface area contributed by atoms with Crippen molar-refractivity contribution < 1.29 is 24.0 Å². The summed E-state index contributed by atoms with van der Waals surface area (Å²) in [6, 6.07) is 0. The quantitative estimate of drug-likeness (QED) is 0.673. The fraction of sp³-hybridized carbons (Fsp3) is 0.727. The SMILES string of the molecule is C.CCOCC(C)C(=O)ON1C(=O)CCC1=O. The molecule has 1 unspecified atom stereocenters. The highest BCUT2D eigenvalue weighted by Gasteiger charge is 2.33. The smallest absolute Gasteiger partial charge is 0.338 e. The molecule has 1 atom stereocenters. The van der Waals surface area contributed by atoms with Crippen molar-refractivity contribution >= 4 is 17.8 Å². The molecule has 1 aliphatic rings. The molecule has 0 aromatic heterocycles. The molecule has 1 heterocycles. The maximum Gasteiger partial charge on any atom is 0.338 e. The zero-order valence-electron chi connectivity index (χ0n) is 9.39. The summed E-state index contributed by atoms with van der Waals surface area (Å²) < 4.78 is 5.05. The van der Waals surface area contributed by atoms with E-state index in [0.29, 0.717) is 11.7 Å². The van der Waals surface area contributed by atoms with Crippen molar-refractivity contribution in [3.8, 4) is 0 Å². The van der Waals surface area contributed by atoms with Gasteiger partial charge in [-0.3, -0.25) is 9.59 Å². The number of hydrogen-bond acceptors (Lipinski definition) is 5. The van der Waals surface area contributed by atoms with Crippen LogP contribution in [0.15, 0.2) is 0 Å². The van der Waals surface area contributed by atoms with E-state index in [1.165, 1.54) is 0 Å². The second-order valence-corrected chi connectivity index (χ2v) is 3.55. The van der Waals surface area contributed by atoms with Gasteiger partial charge in [-0.05, 0) is 13.8 Å². The standard InChI is InChI=1S/C10H15NO5.CH4/c1-3-15-6-7(2)10(14)16-11-8(12)4-5-9(11)13;/h7H,3-6H2,1-2H3;1H4. The predicted molar refractivity (Wildman–Crippen MR) is 59.6 cm³/mol. The minimum atomic E-state index is -0.628. The second-order valence-electron chi connectivity index (χ2n) is 3.55. The van der Waals surface area contributed by atoms with Crippen LogP contribution in [0.3, 0.4) is 0 Å². The van der Waals surface area contributed by atoms with Crippen LogP contribution in [0.1, 0.15) is 34.1 Å². The molecule has 2 amide bonds. The molecule has 0 bridgehead atoms. The number of amides is 2. The fourth-order valence-electron chi connectivity index (χ4n) is 1.20. The lowest BCUT2D eigenvalue weighted by atomic mass is 10.2. The molecule has 0 aromatic carbocycles. The number of imide groups is 1. The number of nitrogens with zero attached hydrogens (tertiary/aromatic N) is 1. The Hall–Kier alpha value is -1.43. The van der Waals surface area contributed by atoms with Crippen LogP contribution in [0.5, 0.6) is 0 Å². The highest BCUT2D eigenvalue weighted by atomic mass is 16.7. The van der Waals surface area contributed by atoms with Crippen LogP contribution in [-0.4, -0.2) is 36.1 Å². The third-order valence-electron chi connectivity index (χ3n) is 2.16. The van der Waals surface area contributed by atoms with E-state index in [9.17, 15) is 14.4 Å². The molecule has 0 aromatic rings. The summed E-state index contributed by atoms with van der Waals surface area (Å²) in [4.78, 5) is 38.5. The van der Waals surface area contributed by atoms with E-state index >= 15 is 0 Å². The van der Waals surface area contributed by atoms with Gasteiger partial charge in [0.25, 0.3) is 11.8 Å².